The molecule has 0 spiro atoms. The highest BCUT2D eigenvalue weighted by molar-refractivity contribution is 8.01. The number of nitrogens with two attached hydrogens (primary N) is 2. The summed E-state index contributed by atoms with van der Waals surface area (Å²) in [6.07, 6.45) is 0. The minimum atomic E-state index is -1.21. The summed E-state index contributed by atoms with van der Waals surface area (Å²) in [5, 5.41) is 26.0. The summed E-state index contributed by atoms with van der Waals surface area (Å²) in [7, 11) is 1.28. The summed E-state index contributed by atoms with van der Waals surface area (Å²) < 4.78 is 0.664. The molecule has 1 fully saturated rings. The third-order valence-corrected chi connectivity index (χ3v) is 8.87. The van der Waals surface area contributed by atoms with E-state index >= 15 is 0 Å². The van der Waals surface area contributed by atoms with Crippen molar-refractivity contribution in [3.63, 3.8) is 0 Å². The number of aromatic nitrogens is 3. The molecule has 4 rings (SSSR count). The molecule has 2 amide bonds. The number of thiazole rings is 1. The fraction of sp³-hybridized carbons (Fsp3) is 0.353. The van der Waals surface area contributed by atoms with Gasteiger partial charge in [-0.2, -0.15) is 0 Å². The predicted octanol–water partition coefficient (Wildman–Crippen LogP) is -0.0831. The summed E-state index contributed by atoms with van der Waals surface area (Å²) >= 11 is 5.16. The first-order valence-electron chi connectivity index (χ1n) is 9.52. The van der Waals surface area contributed by atoms with Crippen molar-refractivity contribution in [3.05, 3.63) is 27.4 Å². The number of anilines is 1. The van der Waals surface area contributed by atoms with Crippen LogP contribution in [0.15, 0.2) is 26.1 Å². The van der Waals surface area contributed by atoms with E-state index in [2.05, 4.69) is 25.7 Å². The lowest BCUT2D eigenvalue weighted by Crippen LogP contribution is -2.71. The van der Waals surface area contributed by atoms with E-state index in [9.17, 15) is 19.5 Å². The average molecular weight is 543 g/mol. The molecule has 2 aromatic rings. The van der Waals surface area contributed by atoms with Gasteiger partial charge in [0, 0.05) is 23.4 Å². The number of nitrogen functional groups attached to an aromatic ring is 1. The van der Waals surface area contributed by atoms with E-state index in [4.69, 9.17) is 16.3 Å². The van der Waals surface area contributed by atoms with Gasteiger partial charge in [-0.3, -0.25) is 14.5 Å². The SMILES string of the molecule is CO/N=C(\C(=O)NC1C(=O)N2C(C(=O)O)=C(CSc3nnc(CN)s3)CS[C@H]12)c1csc(N)n1. The molecule has 0 radical (unpaired) electrons. The first kappa shape index (κ1) is 24.4. The van der Waals surface area contributed by atoms with Crippen molar-refractivity contribution in [1.29, 1.82) is 0 Å². The van der Waals surface area contributed by atoms with Gasteiger partial charge >= 0.3 is 5.97 Å². The zero-order valence-corrected chi connectivity index (χ0v) is 20.7. The molecule has 2 aromatic heterocycles. The fourth-order valence-electron chi connectivity index (χ4n) is 3.22. The molecular weight excluding hydrogens is 525 g/mol. The molecule has 1 unspecified atom stereocenters. The van der Waals surface area contributed by atoms with Crippen LogP contribution < -0.4 is 16.8 Å². The second kappa shape index (κ2) is 10.3. The summed E-state index contributed by atoms with van der Waals surface area (Å²) in [5.74, 6) is -1.71. The van der Waals surface area contributed by atoms with Gasteiger partial charge in [-0.05, 0) is 5.57 Å². The highest BCUT2D eigenvalue weighted by Crippen LogP contribution is 2.41. The van der Waals surface area contributed by atoms with Gasteiger partial charge in [0.2, 0.25) is 0 Å². The number of hydrogen-bond acceptors (Lipinski definition) is 14. The molecule has 0 bridgehead atoms. The summed E-state index contributed by atoms with van der Waals surface area (Å²) in [6, 6.07) is -0.922. The molecule has 6 N–H and O–H groups in total. The fourth-order valence-corrected chi connectivity index (χ4v) is 7.03. The Balaban J connectivity index is 1.48. The summed E-state index contributed by atoms with van der Waals surface area (Å²) in [5.41, 5.74) is 11.8. The number of amides is 2. The van der Waals surface area contributed by atoms with Gasteiger partial charge in [0.15, 0.2) is 15.2 Å². The number of thioether (sulfide) groups is 2. The monoisotopic (exact) mass is 542 g/mol. The van der Waals surface area contributed by atoms with Crippen molar-refractivity contribution in [2.24, 2.45) is 10.9 Å². The number of hydrogen-bond donors (Lipinski definition) is 4. The molecule has 34 heavy (non-hydrogen) atoms. The van der Waals surface area contributed by atoms with Gasteiger partial charge in [0.25, 0.3) is 11.8 Å². The molecule has 4 heterocycles. The first-order valence-corrected chi connectivity index (χ1v) is 13.3. The van der Waals surface area contributed by atoms with E-state index < -0.39 is 29.2 Å². The number of aliphatic carboxylic acids is 1. The lowest BCUT2D eigenvalue weighted by atomic mass is 10.0. The molecule has 2 aliphatic rings. The maximum absolute atomic E-state index is 12.9. The normalized spacial score (nSPS) is 20.1. The average Bonchev–Trinajstić information content (AvgIpc) is 3.47. The van der Waals surface area contributed by atoms with Crippen LogP contribution in [-0.4, -0.2) is 78.7 Å². The van der Waals surface area contributed by atoms with Crippen LogP contribution in [-0.2, 0) is 25.8 Å². The number of carbonyl (C=O) groups excluding carboxylic acids is 2. The summed E-state index contributed by atoms with van der Waals surface area (Å²) in [4.78, 5) is 47.7. The van der Waals surface area contributed by atoms with Crippen molar-refractivity contribution in [1.82, 2.24) is 25.4 Å². The Labute approximate surface area is 209 Å². The maximum Gasteiger partial charge on any atom is 0.352 e. The van der Waals surface area contributed by atoms with E-state index in [0.29, 0.717) is 26.4 Å². The summed E-state index contributed by atoms with van der Waals surface area (Å²) in [6.45, 7) is 0.279. The van der Waals surface area contributed by atoms with E-state index in [0.717, 1.165) is 11.3 Å². The van der Waals surface area contributed by atoms with Gasteiger partial charge in [-0.15, -0.1) is 33.3 Å². The Morgan fingerprint density at radius 1 is 1.44 bits per heavy atom. The standard InChI is InChI=1S/C17H18N8O5S4/c1-30-24-9(7-5-32-16(19)20-7)12(26)21-10-13(27)25-11(15(28)29)6(3-31-14(10)25)4-33-17-23-22-8(2-18)34-17/h5,10,14H,2-4,18H2,1H3,(H2,19,20)(H,21,26)(H,28,29)/b24-9-/t10?,14-/m1/s1. The Kier molecular flexibility index (Phi) is 7.36. The molecule has 0 saturated carbocycles. The molecule has 2 atom stereocenters. The van der Waals surface area contributed by atoms with Crippen molar-refractivity contribution in [3.8, 4) is 0 Å². The molecule has 180 valence electrons. The third-order valence-electron chi connectivity index (χ3n) is 4.69. The van der Waals surface area contributed by atoms with Gasteiger partial charge in [-0.25, -0.2) is 9.78 Å². The topological polar surface area (TPSA) is 199 Å². The van der Waals surface area contributed by atoms with Crippen LogP contribution in [0.3, 0.4) is 0 Å². The maximum atomic E-state index is 12.9. The molecule has 17 heteroatoms. The smallest absolute Gasteiger partial charge is 0.352 e. The van der Waals surface area contributed by atoms with E-state index in [1.807, 2.05) is 0 Å². The van der Waals surface area contributed by atoms with Crippen LogP contribution in [0, 0.1) is 0 Å². The third kappa shape index (κ3) is 4.74. The highest BCUT2D eigenvalue weighted by atomic mass is 32.2. The van der Waals surface area contributed by atoms with Crippen LogP contribution >= 0.6 is 46.2 Å². The number of fused-ring (bicyclic) bond motifs is 1. The molecule has 0 aliphatic carbocycles. The second-order valence-electron chi connectivity index (χ2n) is 6.77. The van der Waals surface area contributed by atoms with Crippen molar-refractivity contribution >= 4 is 74.8 Å². The number of oxime groups is 1. The second-order valence-corrected chi connectivity index (χ2v) is 11.0. The number of β-lactam (4-membered cyclic amide) rings is 1. The predicted molar refractivity (Wildman–Crippen MR) is 128 cm³/mol. The van der Waals surface area contributed by atoms with Gasteiger partial charge < -0.3 is 26.7 Å². The number of nitrogens with one attached hydrogen (secondary N) is 1. The van der Waals surface area contributed by atoms with Gasteiger partial charge in [-0.1, -0.05) is 28.3 Å². The van der Waals surface area contributed by atoms with E-state index in [-0.39, 0.29) is 28.8 Å². The van der Waals surface area contributed by atoms with Crippen molar-refractivity contribution < 1.29 is 24.3 Å². The van der Waals surface area contributed by atoms with Crippen LogP contribution in [0.2, 0.25) is 0 Å². The minimum absolute atomic E-state index is 0.0756. The number of nitrogens with zero attached hydrogens (tertiary/aromatic N) is 5. The number of rotatable bonds is 9. The quantitative estimate of drug-likeness (QED) is 0.142. The van der Waals surface area contributed by atoms with Crippen LogP contribution in [0.4, 0.5) is 5.13 Å². The van der Waals surface area contributed by atoms with Gasteiger partial charge in [0.1, 0.15) is 34.9 Å². The zero-order chi connectivity index (χ0) is 24.4. The van der Waals surface area contributed by atoms with Crippen LogP contribution in [0.25, 0.3) is 0 Å². The van der Waals surface area contributed by atoms with Crippen molar-refractivity contribution in [2.75, 3.05) is 24.3 Å². The lowest BCUT2D eigenvalue weighted by Gasteiger charge is -2.49. The van der Waals surface area contributed by atoms with Crippen molar-refractivity contribution in [2.45, 2.75) is 22.3 Å². The number of carboxylic acids is 1. The lowest BCUT2D eigenvalue weighted by molar-refractivity contribution is -0.150. The minimum Gasteiger partial charge on any atom is -0.477 e. The molecular formula is C17H18N8O5S4. The van der Waals surface area contributed by atoms with E-state index in [1.165, 1.54) is 46.9 Å². The van der Waals surface area contributed by atoms with Gasteiger partial charge in [0.05, 0.1) is 0 Å². The Morgan fingerprint density at radius 2 is 2.24 bits per heavy atom. The van der Waals surface area contributed by atoms with Crippen LogP contribution in [0.1, 0.15) is 10.7 Å². The number of carbonyl (C=O) groups is 3. The molecule has 0 aromatic carbocycles. The van der Waals surface area contributed by atoms with E-state index in [1.54, 1.807) is 5.38 Å². The number of carboxylic acid groups (broad SMARTS) is 1. The first-order chi connectivity index (χ1) is 16.3. The molecule has 13 nitrogen and oxygen atoms in total. The van der Waals surface area contributed by atoms with Crippen LogP contribution in [0.5, 0.6) is 0 Å². The highest BCUT2D eigenvalue weighted by Gasteiger charge is 2.54. The Bertz CT molecular complexity index is 1190. The molecule has 2 aliphatic heterocycles. The largest absolute Gasteiger partial charge is 0.477 e. The zero-order valence-electron chi connectivity index (χ0n) is 17.5. The Morgan fingerprint density at radius 3 is 2.85 bits per heavy atom. The Hall–Kier alpha value is -2.73. The molecule has 1 saturated heterocycles.